The van der Waals surface area contributed by atoms with Crippen molar-refractivity contribution in [3.05, 3.63) is 52.3 Å². The van der Waals surface area contributed by atoms with Gasteiger partial charge in [-0.15, -0.1) is 0 Å². The molecule has 2 amide bonds. The average Bonchev–Trinajstić information content (AvgIpc) is 3.08. The fourth-order valence-corrected chi connectivity index (χ4v) is 5.55. The summed E-state index contributed by atoms with van der Waals surface area (Å²) in [6.07, 6.45) is 2.67. The van der Waals surface area contributed by atoms with Gasteiger partial charge < -0.3 is 14.5 Å². The molecule has 176 valence electrons. The van der Waals surface area contributed by atoms with Crippen molar-refractivity contribution in [2.45, 2.75) is 64.9 Å². The average molecular weight is 452 g/mol. The van der Waals surface area contributed by atoms with Gasteiger partial charge in [-0.2, -0.15) is 5.10 Å². The Balaban J connectivity index is 1.24. The van der Waals surface area contributed by atoms with Crippen LogP contribution in [0.5, 0.6) is 0 Å². The third kappa shape index (κ3) is 4.49. The van der Waals surface area contributed by atoms with Crippen LogP contribution in [-0.4, -0.2) is 75.2 Å². The van der Waals surface area contributed by atoms with Crippen molar-refractivity contribution >= 4 is 12.0 Å². The second-order valence-electron chi connectivity index (χ2n) is 9.85. The topological polar surface area (TPSA) is 70.9 Å². The number of amides is 2. The molecule has 8 heteroatoms. The van der Waals surface area contributed by atoms with Gasteiger partial charge in [0.05, 0.1) is 12.2 Å². The van der Waals surface area contributed by atoms with Crippen molar-refractivity contribution < 1.29 is 14.3 Å². The van der Waals surface area contributed by atoms with Gasteiger partial charge in [0, 0.05) is 38.3 Å². The molecule has 1 aromatic heterocycles. The number of hydrogen-bond acceptors (Lipinski definition) is 5. The first-order valence-corrected chi connectivity index (χ1v) is 11.9. The first-order chi connectivity index (χ1) is 15.9. The molecule has 4 aliphatic heterocycles. The molecule has 3 saturated heterocycles. The standard InChI is InChI=1S/C25H33N5O3/c1-17-9-18(2)11-19(10-17)16-33-25(32)28-7-4-8-30-22(14-28)12-23(26-30)24(31)29-15-20-5-6-21(29)13-27(20)3/h9-12,20-21H,4-8,13-16H2,1-3H3. The molecule has 1 aromatic carbocycles. The highest BCUT2D eigenvalue weighted by atomic mass is 16.6. The van der Waals surface area contributed by atoms with E-state index in [0.717, 1.165) is 54.7 Å². The highest BCUT2D eigenvalue weighted by Gasteiger charge is 2.40. The molecule has 0 N–H and O–H groups in total. The van der Waals surface area contributed by atoms with E-state index in [9.17, 15) is 9.59 Å². The third-order valence-corrected chi connectivity index (χ3v) is 7.20. The largest absolute Gasteiger partial charge is 0.445 e. The Kier molecular flexibility index (Phi) is 5.86. The number of piperidine rings is 2. The summed E-state index contributed by atoms with van der Waals surface area (Å²) in [4.78, 5) is 32.1. The number of nitrogens with zero attached hydrogens (tertiary/aromatic N) is 5. The molecule has 2 bridgehead atoms. The number of fused-ring (bicyclic) bond motifs is 4. The van der Waals surface area contributed by atoms with Gasteiger partial charge in [-0.1, -0.05) is 29.3 Å². The van der Waals surface area contributed by atoms with Gasteiger partial charge in [0.25, 0.3) is 5.91 Å². The van der Waals surface area contributed by atoms with Crippen LogP contribution < -0.4 is 0 Å². The highest BCUT2D eigenvalue weighted by Crippen LogP contribution is 2.29. The summed E-state index contributed by atoms with van der Waals surface area (Å²) in [5, 5.41) is 4.63. The molecule has 0 radical (unpaired) electrons. The lowest BCUT2D eigenvalue weighted by Crippen LogP contribution is -2.62. The smallest absolute Gasteiger partial charge is 0.410 e. The van der Waals surface area contributed by atoms with Crippen molar-refractivity contribution in [2.75, 3.05) is 26.7 Å². The number of likely N-dealkylation sites (N-methyl/N-ethyl adjacent to an activating group) is 1. The molecule has 0 aliphatic carbocycles. The molecule has 2 unspecified atom stereocenters. The number of carbonyl (C=O) groups excluding carboxylic acids is 2. The van der Waals surface area contributed by atoms with Crippen LogP contribution >= 0.6 is 0 Å². The fourth-order valence-electron chi connectivity index (χ4n) is 5.55. The lowest BCUT2D eigenvalue weighted by atomic mass is 9.91. The molecular weight excluding hydrogens is 418 g/mol. The summed E-state index contributed by atoms with van der Waals surface area (Å²) in [6, 6.07) is 8.77. The monoisotopic (exact) mass is 451 g/mol. The van der Waals surface area contributed by atoms with Crippen molar-refractivity contribution in [3.8, 4) is 0 Å². The van der Waals surface area contributed by atoms with Gasteiger partial charge in [-0.3, -0.25) is 14.4 Å². The number of benzene rings is 1. The Hall–Kier alpha value is -2.87. The summed E-state index contributed by atoms with van der Waals surface area (Å²) in [7, 11) is 2.14. The quantitative estimate of drug-likeness (QED) is 0.718. The van der Waals surface area contributed by atoms with Gasteiger partial charge in [0.1, 0.15) is 6.61 Å². The molecule has 8 nitrogen and oxygen atoms in total. The summed E-state index contributed by atoms with van der Waals surface area (Å²) in [5.41, 5.74) is 4.69. The molecule has 6 rings (SSSR count). The number of hydrogen-bond donors (Lipinski definition) is 0. The predicted molar refractivity (Wildman–Crippen MR) is 124 cm³/mol. The van der Waals surface area contributed by atoms with E-state index in [-0.39, 0.29) is 24.6 Å². The zero-order chi connectivity index (χ0) is 23.1. The minimum absolute atomic E-state index is 0.0160. The van der Waals surface area contributed by atoms with E-state index < -0.39 is 0 Å². The van der Waals surface area contributed by atoms with Crippen molar-refractivity contribution in [3.63, 3.8) is 0 Å². The van der Waals surface area contributed by atoms with Crippen LogP contribution in [0.4, 0.5) is 4.79 Å². The van der Waals surface area contributed by atoms with Crippen molar-refractivity contribution in [2.24, 2.45) is 0 Å². The highest BCUT2D eigenvalue weighted by molar-refractivity contribution is 5.93. The Bertz CT molecular complexity index is 1040. The molecule has 2 aromatic rings. The number of aryl methyl sites for hydroxylation is 3. The Morgan fingerprint density at radius 2 is 1.79 bits per heavy atom. The minimum atomic E-state index is -0.326. The van der Waals surface area contributed by atoms with E-state index in [1.807, 2.05) is 41.6 Å². The number of piperazine rings is 1. The molecule has 4 aliphatic rings. The van der Waals surface area contributed by atoms with Crippen LogP contribution in [0.2, 0.25) is 0 Å². The first kappa shape index (κ1) is 21.9. The third-order valence-electron chi connectivity index (χ3n) is 7.20. The lowest BCUT2D eigenvalue weighted by Gasteiger charge is -2.50. The van der Waals surface area contributed by atoms with Gasteiger partial charge in [0.15, 0.2) is 5.69 Å². The molecule has 5 heterocycles. The van der Waals surface area contributed by atoms with Gasteiger partial charge >= 0.3 is 6.09 Å². The molecule has 0 saturated carbocycles. The van der Waals surface area contributed by atoms with E-state index in [0.29, 0.717) is 31.4 Å². The number of ether oxygens (including phenoxy) is 1. The first-order valence-electron chi connectivity index (χ1n) is 11.9. The molecule has 2 atom stereocenters. The second-order valence-corrected chi connectivity index (χ2v) is 9.85. The minimum Gasteiger partial charge on any atom is -0.445 e. The molecule has 3 fully saturated rings. The van der Waals surface area contributed by atoms with Crippen LogP contribution in [-0.2, 0) is 24.4 Å². The summed E-state index contributed by atoms with van der Waals surface area (Å²) in [6.45, 7) is 7.76. The number of rotatable bonds is 3. The zero-order valence-electron chi connectivity index (χ0n) is 19.8. The van der Waals surface area contributed by atoms with Crippen LogP contribution in [0.1, 0.15) is 52.1 Å². The predicted octanol–water partition coefficient (Wildman–Crippen LogP) is 2.96. The van der Waals surface area contributed by atoms with Crippen molar-refractivity contribution in [1.82, 2.24) is 24.5 Å². The Morgan fingerprint density at radius 1 is 1.03 bits per heavy atom. The maximum absolute atomic E-state index is 13.3. The fraction of sp³-hybridized carbons (Fsp3) is 0.560. The molecular formula is C25H33N5O3. The van der Waals surface area contributed by atoms with Gasteiger partial charge in [0.2, 0.25) is 0 Å². The maximum Gasteiger partial charge on any atom is 0.410 e. The SMILES string of the molecule is Cc1cc(C)cc(COC(=O)N2CCCn3nc(C(=O)N4CC5CCC4CN5C)cc3C2)c1. The normalized spacial score (nSPS) is 22.8. The molecule has 0 spiro atoms. The maximum atomic E-state index is 13.3. The summed E-state index contributed by atoms with van der Waals surface area (Å²) in [5.74, 6) is 0.0160. The van der Waals surface area contributed by atoms with E-state index in [1.54, 1.807) is 4.90 Å². The van der Waals surface area contributed by atoms with E-state index in [4.69, 9.17) is 4.74 Å². The van der Waals surface area contributed by atoms with E-state index in [2.05, 4.69) is 23.1 Å². The van der Waals surface area contributed by atoms with Crippen molar-refractivity contribution in [1.29, 1.82) is 0 Å². The second kappa shape index (κ2) is 8.82. The summed E-state index contributed by atoms with van der Waals surface area (Å²) >= 11 is 0. The Morgan fingerprint density at radius 3 is 2.48 bits per heavy atom. The van der Waals surface area contributed by atoms with Crippen LogP contribution in [0.15, 0.2) is 24.3 Å². The van der Waals surface area contributed by atoms with Gasteiger partial charge in [-0.05, 0) is 51.8 Å². The zero-order valence-corrected chi connectivity index (χ0v) is 19.8. The van der Waals surface area contributed by atoms with Crippen LogP contribution in [0, 0.1) is 13.8 Å². The Labute approximate surface area is 195 Å². The summed E-state index contributed by atoms with van der Waals surface area (Å²) < 4.78 is 7.51. The van der Waals surface area contributed by atoms with E-state index >= 15 is 0 Å². The van der Waals surface area contributed by atoms with Crippen LogP contribution in [0.25, 0.3) is 0 Å². The van der Waals surface area contributed by atoms with Gasteiger partial charge in [-0.25, -0.2) is 4.79 Å². The molecule has 33 heavy (non-hydrogen) atoms. The number of carbonyl (C=O) groups is 2. The van der Waals surface area contributed by atoms with E-state index in [1.165, 1.54) is 0 Å². The lowest BCUT2D eigenvalue weighted by molar-refractivity contribution is -0.000498. The number of aromatic nitrogens is 2. The van der Waals surface area contributed by atoms with Crippen LogP contribution in [0.3, 0.4) is 0 Å².